The average Bonchev–Trinajstić information content (AvgIpc) is 2.87. The van der Waals surface area contributed by atoms with Crippen molar-refractivity contribution in [2.75, 3.05) is 13.1 Å². The fraction of sp³-hybridized carbons (Fsp3) is 0.286. The molecule has 1 heterocycles. The Morgan fingerprint density at radius 2 is 1.90 bits per heavy atom. The predicted molar refractivity (Wildman–Crippen MR) is 75.0 cm³/mol. The van der Waals surface area contributed by atoms with E-state index in [-0.39, 0.29) is 24.5 Å². The van der Waals surface area contributed by atoms with Crippen LogP contribution in [0.25, 0.3) is 6.08 Å². The highest BCUT2D eigenvalue weighted by atomic mass is 35.5. The zero-order chi connectivity index (χ0) is 14.7. The number of rotatable bonds is 3. The molecule has 1 fully saturated rings. The number of carboxylic acid groups (broad SMARTS) is 1. The van der Waals surface area contributed by atoms with Crippen LogP contribution in [0.4, 0.5) is 8.78 Å². The van der Waals surface area contributed by atoms with Crippen LogP contribution in [0.2, 0.25) is 0 Å². The molecule has 0 aromatic heterocycles. The molecule has 0 radical (unpaired) electrons. The molecule has 1 unspecified atom stereocenters. The van der Waals surface area contributed by atoms with Crippen LogP contribution in [0.3, 0.4) is 0 Å². The van der Waals surface area contributed by atoms with Crippen molar-refractivity contribution in [2.24, 2.45) is 5.92 Å². The van der Waals surface area contributed by atoms with Crippen molar-refractivity contribution >= 4 is 30.4 Å². The van der Waals surface area contributed by atoms with Gasteiger partial charge in [0.1, 0.15) is 11.6 Å². The largest absolute Gasteiger partial charge is 0.481 e. The number of halogens is 3. The van der Waals surface area contributed by atoms with Gasteiger partial charge in [0, 0.05) is 24.7 Å². The van der Waals surface area contributed by atoms with E-state index in [0.29, 0.717) is 13.0 Å². The van der Waals surface area contributed by atoms with Gasteiger partial charge in [0.05, 0.1) is 5.92 Å². The highest BCUT2D eigenvalue weighted by Gasteiger charge is 2.29. The third-order valence-corrected chi connectivity index (χ3v) is 3.24. The topological polar surface area (TPSA) is 57.6 Å². The predicted octanol–water partition coefficient (Wildman–Crippen LogP) is 2.33. The minimum atomic E-state index is -0.940. The molecule has 114 valence electrons. The molecule has 7 heteroatoms. The van der Waals surface area contributed by atoms with Gasteiger partial charge in [-0.05, 0) is 24.6 Å². The maximum Gasteiger partial charge on any atom is 0.308 e. The first-order valence-corrected chi connectivity index (χ1v) is 6.13. The summed E-state index contributed by atoms with van der Waals surface area (Å²) in [7, 11) is 0. The minimum absolute atomic E-state index is 0. The van der Waals surface area contributed by atoms with Crippen LogP contribution < -0.4 is 0 Å². The molecule has 1 saturated heterocycles. The summed E-state index contributed by atoms with van der Waals surface area (Å²) in [5.74, 6) is -3.46. The lowest BCUT2D eigenvalue weighted by molar-refractivity contribution is -0.141. The molecule has 1 atom stereocenters. The van der Waals surface area contributed by atoms with Gasteiger partial charge in [-0.15, -0.1) is 12.4 Å². The smallest absolute Gasteiger partial charge is 0.308 e. The normalized spacial score (nSPS) is 17.8. The molecule has 0 spiro atoms. The lowest BCUT2D eigenvalue weighted by atomic mass is 10.1. The van der Waals surface area contributed by atoms with Crippen LogP contribution in [0.5, 0.6) is 0 Å². The second kappa shape index (κ2) is 7.17. The van der Waals surface area contributed by atoms with E-state index in [1.54, 1.807) is 0 Å². The number of carbonyl (C=O) groups excluding carboxylic acids is 1. The molecule has 1 aromatic rings. The highest BCUT2D eigenvalue weighted by molar-refractivity contribution is 5.92. The monoisotopic (exact) mass is 317 g/mol. The van der Waals surface area contributed by atoms with E-state index in [4.69, 9.17) is 5.11 Å². The lowest BCUT2D eigenvalue weighted by Gasteiger charge is -2.12. The Balaban J connectivity index is 0.00000220. The van der Waals surface area contributed by atoms with Gasteiger partial charge in [-0.3, -0.25) is 9.59 Å². The summed E-state index contributed by atoms with van der Waals surface area (Å²) in [5.41, 5.74) is -0.283. The third-order valence-electron chi connectivity index (χ3n) is 3.24. The first-order chi connectivity index (χ1) is 9.49. The van der Waals surface area contributed by atoms with Gasteiger partial charge in [0.15, 0.2) is 0 Å². The lowest BCUT2D eigenvalue weighted by Crippen LogP contribution is -2.28. The molecule has 1 aliphatic heterocycles. The number of aliphatic carboxylic acids is 1. The zero-order valence-corrected chi connectivity index (χ0v) is 11.8. The van der Waals surface area contributed by atoms with Crippen molar-refractivity contribution in [3.8, 4) is 0 Å². The molecular weight excluding hydrogens is 304 g/mol. The molecule has 0 aliphatic carbocycles. The van der Waals surface area contributed by atoms with Gasteiger partial charge in [-0.2, -0.15) is 0 Å². The summed E-state index contributed by atoms with van der Waals surface area (Å²) in [5, 5.41) is 8.84. The second-order valence-electron chi connectivity index (χ2n) is 4.58. The molecule has 1 N–H and O–H groups in total. The summed E-state index contributed by atoms with van der Waals surface area (Å²) >= 11 is 0. The van der Waals surface area contributed by atoms with Crippen molar-refractivity contribution in [3.05, 3.63) is 41.5 Å². The first-order valence-electron chi connectivity index (χ1n) is 6.13. The summed E-state index contributed by atoms with van der Waals surface area (Å²) < 4.78 is 26.7. The minimum Gasteiger partial charge on any atom is -0.481 e. The van der Waals surface area contributed by atoms with Gasteiger partial charge in [-0.1, -0.05) is 6.07 Å². The van der Waals surface area contributed by atoms with Crippen LogP contribution in [-0.4, -0.2) is 35.0 Å². The van der Waals surface area contributed by atoms with Gasteiger partial charge in [0.25, 0.3) is 0 Å². The molecule has 1 amide bonds. The fourth-order valence-electron chi connectivity index (χ4n) is 2.09. The number of carboxylic acids is 1. The molecule has 1 aromatic carbocycles. The van der Waals surface area contributed by atoms with E-state index in [9.17, 15) is 18.4 Å². The quantitative estimate of drug-likeness (QED) is 0.871. The number of carbonyl (C=O) groups is 2. The summed E-state index contributed by atoms with van der Waals surface area (Å²) in [6.07, 6.45) is 2.52. The van der Waals surface area contributed by atoms with Crippen molar-refractivity contribution in [3.63, 3.8) is 0 Å². The molecule has 2 rings (SSSR count). The van der Waals surface area contributed by atoms with Gasteiger partial charge >= 0.3 is 5.97 Å². The summed E-state index contributed by atoms with van der Waals surface area (Å²) in [4.78, 5) is 23.9. The van der Waals surface area contributed by atoms with Crippen LogP contribution in [0, 0.1) is 17.6 Å². The zero-order valence-electron chi connectivity index (χ0n) is 11.0. The van der Waals surface area contributed by atoms with Gasteiger partial charge < -0.3 is 10.0 Å². The maximum atomic E-state index is 13.4. The van der Waals surface area contributed by atoms with Crippen LogP contribution in [-0.2, 0) is 9.59 Å². The van der Waals surface area contributed by atoms with Gasteiger partial charge in [-0.25, -0.2) is 8.78 Å². The average molecular weight is 318 g/mol. The first kappa shape index (κ1) is 17.1. The summed E-state index contributed by atoms with van der Waals surface area (Å²) in [6.45, 7) is 0.457. The Kier molecular flexibility index (Phi) is 5.84. The molecule has 4 nitrogen and oxygen atoms in total. The van der Waals surface area contributed by atoms with Crippen LogP contribution >= 0.6 is 12.4 Å². The van der Waals surface area contributed by atoms with Crippen LogP contribution in [0.15, 0.2) is 24.3 Å². The molecule has 21 heavy (non-hydrogen) atoms. The number of benzene rings is 1. The van der Waals surface area contributed by atoms with Gasteiger partial charge in [0.2, 0.25) is 5.91 Å². The Morgan fingerprint density at radius 1 is 1.29 bits per heavy atom. The Bertz CT molecular complexity index is 557. The number of likely N-dealkylation sites (tertiary alicyclic amines) is 1. The number of amides is 1. The molecule has 1 aliphatic rings. The van der Waals surface area contributed by atoms with E-state index in [0.717, 1.165) is 24.3 Å². The van der Waals surface area contributed by atoms with E-state index >= 15 is 0 Å². The van der Waals surface area contributed by atoms with E-state index in [2.05, 4.69) is 0 Å². The van der Waals surface area contributed by atoms with Crippen LogP contribution in [0.1, 0.15) is 12.0 Å². The number of hydrogen-bond donors (Lipinski definition) is 1. The second-order valence-corrected chi connectivity index (χ2v) is 4.58. The van der Waals surface area contributed by atoms with Crippen molar-refractivity contribution < 1.29 is 23.5 Å². The molecule has 0 bridgehead atoms. The van der Waals surface area contributed by atoms with E-state index < -0.39 is 29.4 Å². The SMILES string of the molecule is Cl.O=C(O)C1CCN(C(=O)C=Cc2c(F)cccc2F)C1. The van der Waals surface area contributed by atoms with Crippen molar-refractivity contribution in [1.82, 2.24) is 4.90 Å². The fourth-order valence-corrected chi connectivity index (χ4v) is 2.09. The standard InChI is InChI=1S/C14H13F2NO3.ClH/c15-11-2-1-3-12(16)10(11)4-5-13(18)17-7-6-9(8-17)14(19)20;/h1-5,9H,6-8H2,(H,19,20);1H. The molecular formula is C14H14ClF2NO3. The van der Waals surface area contributed by atoms with E-state index in [1.165, 1.54) is 11.0 Å². The third kappa shape index (κ3) is 4.01. The maximum absolute atomic E-state index is 13.4. The Labute approximate surface area is 126 Å². The Hall–Kier alpha value is -1.95. The van der Waals surface area contributed by atoms with E-state index in [1.807, 2.05) is 0 Å². The van der Waals surface area contributed by atoms with Crippen molar-refractivity contribution in [1.29, 1.82) is 0 Å². The number of nitrogens with zero attached hydrogens (tertiary/aromatic N) is 1. The Morgan fingerprint density at radius 3 is 2.43 bits per heavy atom. The van der Waals surface area contributed by atoms with Crippen molar-refractivity contribution in [2.45, 2.75) is 6.42 Å². The highest BCUT2D eigenvalue weighted by Crippen LogP contribution is 2.18. The summed E-state index contributed by atoms with van der Waals surface area (Å²) in [6, 6.07) is 3.44. The molecule has 0 saturated carbocycles. The number of hydrogen-bond acceptors (Lipinski definition) is 2.